The number of aromatic nitrogens is 1. The van der Waals surface area contributed by atoms with Crippen molar-refractivity contribution in [3.05, 3.63) is 15.6 Å². The Kier molecular flexibility index (Phi) is 5.58. The van der Waals surface area contributed by atoms with E-state index in [4.69, 9.17) is 9.72 Å². The predicted octanol–water partition coefficient (Wildman–Crippen LogP) is 4.00. The Bertz CT molecular complexity index is 428. The van der Waals surface area contributed by atoms with E-state index in [1.165, 1.54) is 28.4 Å². The van der Waals surface area contributed by atoms with E-state index in [2.05, 4.69) is 33.0 Å². The molecule has 1 aromatic rings. The second kappa shape index (κ2) is 7.01. The van der Waals surface area contributed by atoms with E-state index < -0.39 is 0 Å². The van der Waals surface area contributed by atoms with E-state index in [1.54, 1.807) is 0 Å². The standard InChI is InChI=1S/C16H28N2OS/c1-5-17-11-14-13(4)18-15(20-14)16(19-6-2)9-7-8-12(3)10-16/h12,17H,5-11H2,1-4H3. The van der Waals surface area contributed by atoms with E-state index in [1.807, 2.05) is 11.3 Å². The highest BCUT2D eigenvalue weighted by molar-refractivity contribution is 7.11. The monoisotopic (exact) mass is 296 g/mol. The Hall–Kier alpha value is -0.450. The number of hydrogen-bond acceptors (Lipinski definition) is 4. The van der Waals surface area contributed by atoms with Crippen LogP contribution in [0.15, 0.2) is 0 Å². The lowest BCUT2D eigenvalue weighted by molar-refractivity contribution is -0.0821. The molecule has 2 atom stereocenters. The van der Waals surface area contributed by atoms with Crippen molar-refractivity contribution < 1.29 is 4.74 Å². The molecule has 1 aliphatic carbocycles. The van der Waals surface area contributed by atoms with Crippen LogP contribution in [0.5, 0.6) is 0 Å². The second-order valence-corrected chi connectivity index (χ2v) is 7.02. The van der Waals surface area contributed by atoms with Crippen LogP contribution in [0.25, 0.3) is 0 Å². The summed E-state index contributed by atoms with van der Waals surface area (Å²) in [5, 5.41) is 4.61. The Morgan fingerprint density at radius 1 is 1.45 bits per heavy atom. The van der Waals surface area contributed by atoms with Crippen LogP contribution in [0.2, 0.25) is 0 Å². The Balaban J connectivity index is 2.25. The first kappa shape index (κ1) is 15.9. The third-order valence-corrected chi connectivity index (χ3v) is 5.54. The molecule has 1 aromatic heterocycles. The summed E-state index contributed by atoms with van der Waals surface area (Å²) in [6.07, 6.45) is 4.82. The second-order valence-electron chi connectivity index (χ2n) is 5.94. The van der Waals surface area contributed by atoms with Gasteiger partial charge < -0.3 is 10.1 Å². The molecular weight excluding hydrogens is 268 g/mol. The molecule has 20 heavy (non-hydrogen) atoms. The van der Waals surface area contributed by atoms with Crippen LogP contribution in [-0.2, 0) is 16.9 Å². The third kappa shape index (κ3) is 3.41. The van der Waals surface area contributed by atoms with E-state index in [-0.39, 0.29) is 5.60 Å². The molecule has 0 aliphatic heterocycles. The summed E-state index contributed by atoms with van der Waals surface area (Å²) in [5.74, 6) is 0.733. The van der Waals surface area contributed by atoms with Crippen LogP contribution in [-0.4, -0.2) is 18.1 Å². The van der Waals surface area contributed by atoms with Crippen LogP contribution < -0.4 is 5.32 Å². The van der Waals surface area contributed by atoms with Gasteiger partial charge in [0.05, 0.1) is 5.69 Å². The van der Waals surface area contributed by atoms with E-state index in [9.17, 15) is 0 Å². The fourth-order valence-corrected chi connectivity index (χ4v) is 4.41. The minimum atomic E-state index is -0.119. The van der Waals surface area contributed by atoms with E-state index in [0.29, 0.717) is 0 Å². The van der Waals surface area contributed by atoms with Crippen LogP contribution in [0.4, 0.5) is 0 Å². The summed E-state index contributed by atoms with van der Waals surface area (Å²) < 4.78 is 6.23. The lowest BCUT2D eigenvalue weighted by Gasteiger charge is -2.38. The molecule has 1 fully saturated rings. The number of nitrogens with one attached hydrogen (secondary N) is 1. The molecule has 2 rings (SSSR count). The highest BCUT2D eigenvalue weighted by Crippen LogP contribution is 2.44. The van der Waals surface area contributed by atoms with Crippen molar-refractivity contribution in [1.29, 1.82) is 0 Å². The van der Waals surface area contributed by atoms with Gasteiger partial charge in [-0.05, 0) is 45.6 Å². The summed E-state index contributed by atoms with van der Waals surface area (Å²) in [7, 11) is 0. The van der Waals surface area contributed by atoms with E-state index in [0.717, 1.165) is 38.5 Å². The van der Waals surface area contributed by atoms with Gasteiger partial charge in [0.15, 0.2) is 0 Å². The van der Waals surface area contributed by atoms with Crippen molar-refractivity contribution in [2.45, 2.75) is 65.5 Å². The number of nitrogens with zero attached hydrogens (tertiary/aromatic N) is 1. The highest BCUT2D eigenvalue weighted by atomic mass is 32.1. The van der Waals surface area contributed by atoms with Crippen molar-refractivity contribution in [3.63, 3.8) is 0 Å². The maximum Gasteiger partial charge on any atom is 0.125 e. The maximum atomic E-state index is 6.23. The minimum absolute atomic E-state index is 0.119. The van der Waals surface area contributed by atoms with Gasteiger partial charge in [-0.25, -0.2) is 4.98 Å². The number of thiazole rings is 1. The summed E-state index contributed by atoms with van der Waals surface area (Å²) in [5.41, 5.74) is 1.05. The Labute approximate surface area is 127 Å². The van der Waals surface area contributed by atoms with Gasteiger partial charge in [-0.15, -0.1) is 11.3 Å². The first-order valence-corrected chi connectivity index (χ1v) is 8.74. The molecule has 0 radical (unpaired) electrons. The van der Waals surface area contributed by atoms with Gasteiger partial charge >= 0.3 is 0 Å². The molecule has 0 saturated heterocycles. The smallest absolute Gasteiger partial charge is 0.125 e. The fourth-order valence-electron chi connectivity index (χ4n) is 3.19. The molecule has 3 nitrogen and oxygen atoms in total. The number of ether oxygens (including phenoxy) is 1. The molecule has 0 bridgehead atoms. The van der Waals surface area contributed by atoms with E-state index >= 15 is 0 Å². The minimum Gasteiger partial charge on any atom is -0.368 e. The lowest BCUT2D eigenvalue weighted by atomic mass is 9.79. The predicted molar refractivity (Wildman–Crippen MR) is 85.2 cm³/mol. The molecule has 0 amide bonds. The quantitative estimate of drug-likeness (QED) is 0.861. The van der Waals surface area contributed by atoms with Crippen LogP contribution in [0, 0.1) is 12.8 Å². The van der Waals surface area contributed by atoms with Crippen molar-refractivity contribution in [1.82, 2.24) is 10.3 Å². The molecule has 1 N–H and O–H groups in total. The zero-order valence-corrected chi connectivity index (χ0v) is 14.1. The average Bonchev–Trinajstić information content (AvgIpc) is 2.79. The summed E-state index contributed by atoms with van der Waals surface area (Å²) in [4.78, 5) is 6.23. The summed E-state index contributed by atoms with van der Waals surface area (Å²) in [6.45, 7) is 11.4. The van der Waals surface area contributed by atoms with Gasteiger partial charge in [-0.3, -0.25) is 0 Å². The topological polar surface area (TPSA) is 34.1 Å². The average molecular weight is 296 g/mol. The SMILES string of the molecule is CCNCc1sc(C2(OCC)CCCC(C)C2)nc1C. The van der Waals surface area contributed by atoms with Gasteiger partial charge in [-0.1, -0.05) is 20.3 Å². The normalized spacial score (nSPS) is 26.9. The first-order chi connectivity index (χ1) is 9.61. The molecule has 0 spiro atoms. The zero-order chi connectivity index (χ0) is 14.6. The van der Waals surface area contributed by atoms with Crippen LogP contribution >= 0.6 is 11.3 Å². The first-order valence-electron chi connectivity index (χ1n) is 7.92. The molecule has 1 heterocycles. The molecule has 4 heteroatoms. The van der Waals surface area contributed by atoms with Crippen LogP contribution in [0.3, 0.4) is 0 Å². The van der Waals surface area contributed by atoms with Crippen molar-refractivity contribution in [2.24, 2.45) is 5.92 Å². The lowest BCUT2D eigenvalue weighted by Crippen LogP contribution is -2.35. The number of hydrogen-bond donors (Lipinski definition) is 1. The van der Waals surface area contributed by atoms with Crippen LogP contribution in [0.1, 0.15) is 62.0 Å². The molecule has 1 aliphatic rings. The number of rotatable bonds is 6. The van der Waals surface area contributed by atoms with Gasteiger partial charge in [-0.2, -0.15) is 0 Å². The molecular formula is C16H28N2OS. The fraction of sp³-hybridized carbons (Fsp3) is 0.812. The highest BCUT2D eigenvalue weighted by Gasteiger charge is 2.40. The molecule has 114 valence electrons. The van der Waals surface area contributed by atoms with Crippen molar-refractivity contribution >= 4 is 11.3 Å². The number of aryl methyl sites for hydroxylation is 1. The molecule has 1 saturated carbocycles. The Morgan fingerprint density at radius 2 is 2.25 bits per heavy atom. The molecule has 0 aromatic carbocycles. The van der Waals surface area contributed by atoms with Gasteiger partial charge in [0.1, 0.15) is 10.6 Å². The summed E-state index contributed by atoms with van der Waals surface area (Å²) >= 11 is 1.85. The maximum absolute atomic E-state index is 6.23. The van der Waals surface area contributed by atoms with Crippen molar-refractivity contribution in [2.75, 3.05) is 13.2 Å². The zero-order valence-electron chi connectivity index (χ0n) is 13.3. The largest absolute Gasteiger partial charge is 0.368 e. The van der Waals surface area contributed by atoms with Gasteiger partial charge in [0.25, 0.3) is 0 Å². The third-order valence-electron chi connectivity index (χ3n) is 4.19. The molecule has 2 unspecified atom stereocenters. The summed E-state index contributed by atoms with van der Waals surface area (Å²) in [6, 6.07) is 0. The Morgan fingerprint density at radius 3 is 2.90 bits per heavy atom. The van der Waals surface area contributed by atoms with Crippen molar-refractivity contribution in [3.8, 4) is 0 Å². The van der Waals surface area contributed by atoms with Gasteiger partial charge in [0.2, 0.25) is 0 Å². The van der Waals surface area contributed by atoms with Gasteiger partial charge in [0, 0.05) is 18.0 Å².